The summed E-state index contributed by atoms with van der Waals surface area (Å²) in [5, 5.41) is 15.7. The van der Waals surface area contributed by atoms with Crippen LogP contribution in [0.15, 0.2) is 66.9 Å². The van der Waals surface area contributed by atoms with Crippen LogP contribution in [0.5, 0.6) is 0 Å². The van der Waals surface area contributed by atoms with Crippen LogP contribution in [0.25, 0.3) is 39.1 Å². The van der Waals surface area contributed by atoms with Gasteiger partial charge in [-0.1, -0.05) is 56.3 Å². The summed E-state index contributed by atoms with van der Waals surface area (Å²) in [7, 11) is 0. The predicted octanol–water partition coefficient (Wildman–Crippen LogP) is 5.57. The molecule has 0 amide bonds. The molecule has 3 heterocycles. The molecule has 6 nitrogen and oxygen atoms in total. The molecule has 3 aromatic heterocycles. The SMILES string of the molecule is CC(C)c1cc2ncc3cc(-c4ccccc4F)c(-c4ccc([C@]5(N)C[C@@](C)(O)C5)cc4)nc3n2n1. The zero-order valence-corrected chi connectivity index (χ0v) is 20.5. The number of rotatable bonds is 4. The van der Waals surface area contributed by atoms with Crippen molar-refractivity contribution < 1.29 is 9.50 Å². The summed E-state index contributed by atoms with van der Waals surface area (Å²) in [6.07, 6.45) is 2.79. The fourth-order valence-corrected chi connectivity index (χ4v) is 5.41. The van der Waals surface area contributed by atoms with Crippen LogP contribution in [0.4, 0.5) is 4.39 Å². The van der Waals surface area contributed by atoms with Crippen LogP contribution in [-0.2, 0) is 5.54 Å². The van der Waals surface area contributed by atoms with E-state index in [0.29, 0.717) is 35.3 Å². The summed E-state index contributed by atoms with van der Waals surface area (Å²) in [5.74, 6) is -0.0633. The maximum Gasteiger partial charge on any atom is 0.165 e. The van der Waals surface area contributed by atoms with Gasteiger partial charge in [0.2, 0.25) is 0 Å². The maximum atomic E-state index is 15.0. The van der Waals surface area contributed by atoms with Gasteiger partial charge in [0.1, 0.15) is 5.82 Å². The molecule has 6 rings (SSSR count). The highest BCUT2D eigenvalue weighted by molar-refractivity contribution is 5.90. The lowest BCUT2D eigenvalue weighted by molar-refractivity contribution is -0.0738. The zero-order valence-electron chi connectivity index (χ0n) is 20.5. The van der Waals surface area contributed by atoms with E-state index in [2.05, 4.69) is 18.8 Å². The first-order chi connectivity index (χ1) is 17.1. The van der Waals surface area contributed by atoms with E-state index in [1.54, 1.807) is 22.8 Å². The normalized spacial score (nSPS) is 21.9. The molecule has 0 spiro atoms. The second-order valence-corrected chi connectivity index (χ2v) is 10.6. The Morgan fingerprint density at radius 3 is 2.42 bits per heavy atom. The van der Waals surface area contributed by atoms with Crippen molar-refractivity contribution >= 4 is 16.7 Å². The Kier molecular flexibility index (Phi) is 5.00. The minimum Gasteiger partial charge on any atom is -0.390 e. The van der Waals surface area contributed by atoms with Crippen LogP contribution in [0.3, 0.4) is 0 Å². The summed E-state index contributed by atoms with van der Waals surface area (Å²) < 4.78 is 16.7. The molecule has 7 heteroatoms. The molecule has 0 atom stereocenters. The molecule has 1 aliphatic carbocycles. The number of nitrogens with zero attached hydrogens (tertiary/aromatic N) is 4. The first-order valence-corrected chi connectivity index (χ1v) is 12.2. The van der Waals surface area contributed by atoms with Crippen LogP contribution in [-0.4, -0.2) is 30.3 Å². The number of hydrogen-bond donors (Lipinski definition) is 2. The summed E-state index contributed by atoms with van der Waals surface area (Å²) in [6, 6.07) is 18.5. The van der Waals surface area contributed by atoms with Crippen molar-refractivity contribution in [1.82, 2.24) is 19.6 Å². The molecular formula is C29H28FN5O. The Labute approximate surface area is 208 Å². The van der Waals surface area contributed by atoms with E-state index in [1.807, 2.05) is 49.4 Å². The molecule has 182 valence electrons. The lowest BCUT2D eigenvalue weighted by Gasteiger charge is -2.49. The molecule has 5 aromatic rings. The van der Waals surface area contributed by atoms with Gasteiger partial charge in [0, 0.05) is 39.9 Å². The third kappa shape index (κ3) is 3.67. The Balaban J connectivity index is 1.55. The largest absolute Gasteiger partial charge is 0.390 e. The molecule has 0 radical (unpaired) electrons. The van der Waals surface area contributed by atoms with E-state index >= 15 is 0 Å². The molecule has 3 N–H and O–H groups in total. The van der Waals surface area contributed by atoms with Crippen LogP contribution >= 0.6 is 0 Å². The molecule has 0 saturated heterocycles. The van der Waals surface area contributed by atoms with Gasteiger partial charge < -0.3 is 10.8 Å². The Hall–Kier alpha value is -3.68. The molecule has 2 aromatic carbocycles. The summed E-state index contributed by atoms with van der Waals surface area (Å²) in [5.41, 5.74) is 11.2. The number of fused-ring (bicyclic) bond motifs is 3. The highest BCUT2D eigenvalue weighted by Crippen LogP contribution is 2.46. The lowest BCUT2D eigenvalue weighted by atomic mass is 9.63. The van der Waals surface area contributed by atoms with Crippen molar-refractivity contribution in [2.24, 2.45) is 5.73 Å². The molecule has 0 bridgehead atoms. The number of aliphatic hydroxyl groups is 1. The van der Waals surface area contributed by atoms with Crippen molar-refractivity contribution in [2.45, 2.75) is 50.7 Å². The van der Waals surface area contributed by atoms with Crippen LogP contribution in [0.1, 0.15) is 50.8 Å². The summed E-state index contributed by atoms with van der Waals surface area (Å²) in [6.45, 7) is 5.99. The zero-order chi connectivity index (χ0) is 25.2. The third-order valence-electron chi connectivity index (χ3n) is 7.16. The quantitative estimate of drug-likeness (QED) is 0.350. The lowest BCUT2D eigenvalue weighted by Crippen LogP contribution is -2.58. The number of halogens is 1. The van der Waals surface area contributed by atoms with Gasteiger partial charge in [0.05, 0.1) is 17.0 Å². The molecule has 36 heavy (non-hydrogen) atoms. The van der Waals surface area contributed by atoms with E-state index < -0.39 is 11.1 Å². The van der Waals surface area contributed by atoms with Gasteiger partial charge in [-0.2, -0.15) is 9.61 Å². The van der Waals surface area contributed by atoms with Crippen molar-refractivity contribution in [3.8, 4) is 22.4 Å². The van der Waals surface area contributed by atoms with Crippen LogP contribution < -0.4 is 5.73 Å². The van der Waals surface area contributed by atoms with E-state index in [4.69, 9.17) is 15.8 Å². The van der Waals surface area contributed by atoms with Crippen molar-refractivity contribution in [3.63, 3.8) is 0 Å². The predicted molar refractivity (Wildman–Crippen MR) is 139 cm³/mol. The first-order valence-electron chi connectivity index (χ1n) is 12.2. The van der Waals surface area contributed by atoms with E-state index in [9.17, 15) is 9.50 Å². The molecule has 1 aliphatic rings. The Morgan fingerprint density at radius 2 is 1.75 bits per heavy atom. The molecule has 0 unspecified atom stereocenters. The molecule has 1 fully saturated rings. The third-order valence-corrected chi connectivity index (χ3v) is 7.16. The number of benzene rings is 2. The Morgan fingerprint density at radius 1 is 1.03 bits per heavy atom. The average Bonchev–Trinajstić information content (AvgIpc) is 3.28. The topological polar surface area (TPSA) is 89.3 Å². The van der Waals surface area contributed by atoms with Gasteiger partial charge in [0.25, 0.3) is 0 Å². The Bertz CT molecular complexity index is 1610. The van der Waals surface area contributed by atoms with Crippen molar-refractivity contribution in [2.75, 3.05) is 0 Å². The monoisotopic (exact) mass is 481 g/mol. The van der Waals surface area contributed by atoms with Gasteiger partial charge >= 0.3 is 0 Å². The van der Waals surface area contributed by atoms with Crippen LogP contribution in [0.2, 0.25) is 0 Å². The van der Waals surface area contributed by atoms with Gasteiger partial charge in [0.15, 0.2) is 11.3 Å². The van der Waals surface area contributed by atoms with Crippen molar-refractivity contribution in [1.29, 1.82) is 0 Å². The fourth-order valence-electron chi connectivity index (χ4n) is 5.41. The maximum absolute atomic E-state index is 15.0. The average molecular weight is 482 g/mol. The number of aromatic nitrogens is 4. The van der Waals surface area contributed by atoms with Gasteiger partial charge in [-0.15, -0.1) is 0 Å². The van der Waals surface area contributed by atoms with E-state index in [-0.39, 0.29) is 11.7 Å². The number of nitrogens with two attached hydrogens (primary N) is 1. The second-order valence-electron chi connectivity index (χ2n) is 10.6. The smallest absolute Gasteiger partial charge is 0.165 e. The first kappa shape index (κ1) is 22.8. The van der Waals surface area contributed by atoms with E-state index in [0.717, 1.165) is 27.9 Å². The van der Waals surface area contributed by atoms with Crippen LogP contribution in [0, 0.1) is 5.82 Å². The van der Waals surface area contributed by atoms with Gasteiger partial charge in [-0.3, -0.25) is 0 Å². The summed E-state index contributed by atoms with van der Waals surface area (Å²) in [4.78, 5) is 9.61. The highest BCUT2D eigenvalue weighted by atomic mass is 19.1. The highest BCUT2D eigenvalue weighted by Gasteiger charge is 2.49. The summed E-state index contributed by atoms with van der Waals surface area (Å²) >= 11 is 0. The van der Waals surface area contributed by atoms with Crippen molar-refractivity contribution in [3.05, 3.63) is 83.9 Å². The minimum atomic E-state index is -0.733. The molecule has 0 aliphatic heterocycles. The minimum absolute atomic E-state index is 0.252. The van der Waals surface area contributed by atoms with Gasteiger partial charge in [-0.05, 0) is 43.4 Å². The molecular weight excluding hydrogens is 453 g/mol. The fraction of sp³-hybridized carbons (Fsp3) is 0.276. The van der Waals surface area contributed by atoms with Gasteiger partial charge in [-0.25, -0.2) is 14.4 Å². The number of pyridine rings is 1. The molecule has 1 saturated carbocycles. The van der Waals surface area contributed by atoms with E-state index in [1.165, 1.54) is 6.07 Å². The number of hydrogen-bond acceptors (Lipinski definition) is 5. The second kappa shape index (κ2) is 7.91. The standard InChI is InChI=1S/C29H28FN5O/c1-17(2)24-13-25-32-14-19-12-22(21-6-4-5-7-23(21)30)26(33-27(19)35(25)34-24)18-8-10-20(11-9-18)29(31)15-28(3,36)16-29/h4-14,17,36H,15-16,31H2,1-3H3/t28-,29+.